The summed E-state index contributed by atoms with van der Waals surface area (Å²) in [4.78, 5) is 6.02. The van der Waals surface area contributed by atoms with Gasteiger partial charge >= 0.3 is 0 Å². The van der Waals surface area contributed by atoms with Gasteiger partial charge in [-0.2, -0.15) is 0 Å². The highest BCUT2D eigenvalue weighted by atomic mass is 32.1. The smallest absolute Gasteiger partial charge is 0.191 e. The number of aliphatic imine (C=N–C) groups is 1. The number of nitrogens with one attached hydrogen (secondary N) is 2. The highest BCUT2D eigenvalue weighted by Gasteiger charge is 2.05. The van der Waals surface area contributed by atoms with Gasteiger partial charge in [0.15, 0.2) is 11.8 Å². The Morgan fingerprint density at radius 2 is 1.93 bits per heavy atom. The molecule has 0 radical (unpaired) electrons. The molecule has 8 heteroatoms. The van der Waals surface area contributed by atoms with E-state index in [2.05, 4.69) is 55.5 Å². The van der Waals surface area contributed by atoms with E-state index in [1.807, 2.05) is 36.7 Å². The molecule has 0 saturated carbocycles. The van der Waals surface area contributed by atoms with E-state index >= 15 is 0 Å². The molecule has 0 fully saturated rings. The van der Waals surface area contributed by atoms with Gasteiger partial charge < -0.3 is 19.9 Å². The predicted molar refractivity (Wildman–Crippen MR) is 117 cm³/mol. The predicted octanol–water partition coefficient (Wildman–Crippen LogP) is 2.68. The van der Waals surface area contributed by atoms with E-state index in [1.165, 1.54) is 10.4 Å². The third-order valence-electron chi connectivity index (χ3n) is 4.46. The van der Waals surface area contributed by atoms with Crippen molar-refractivity contribution in [3.63, 3.8) is 0 Å². The number of aryl methyl sites for hydroxylation is 1. The molecular formula is C21H28N6OS. The number of thiophene rings is 1. The summed E-state index contributed by atoms with van der Waals surface area (Å²) in [6, 6.07) is 14.4. The number of hydrogen-bond donors (Lipinski definition) is 2. The molecule has 154 valence electrons. The quantitative estimate of drug-likeness (QED) is 0.304. The van der Waals surface area contributed by atoms with Crippen molar-refractivity contribution in [2.45, 2.75) is 26.5 Å². The van der Waals surface area contributed by atoms with Gasteiger partial charge in [-0.25, -0.2) is 4.99 Å². The zero-order chi connectivity index (χ0) is 20.3. The van der Waals surface area contributed by atoms with Gasteiger partial charge in [-0.3, -0.25) is 0 Å². The third kappa shape index (κ3) is 6.99. The van der Waals surface area contributed by atoms with E-state index in [0.29, 0.717) is 26.3 Å². The van der Waals surface area contributed by atoms with E-state index in [4.69, 9.17) is 4.74 Å². The van der Waals surface area contributed by atoms with Crippen molar-refractivity contribution in [3.05, 3.63) is 69.9 Å². The van der Waals surface area contributed by atoms with E-state index in [-0.39, 0.29) is 0 Å². The fourth-order valence-electron chi connectivity index (χ4n) is 2.68. The molecule has 0 aliphatic carbocycles. The van der Waals surface area contributed by atoms with Gasteiger partial charge in [0.25, 0.3) is 0 Å². The van der Waals surface area contributed by atoms with Crippen LogP contribution in [0.25, 0.3) is 0 Å². The number of rotatable bonds is 10. The SMILES string of the molecule is Cc1nnc(CN=C(NCCOCc2ccccc2)NCCc2cccs2)n1C. The molecule has 29 heavy (non-hydrogen) atoms. The maximum atomic E-state index is 5.75. The summed E-state index contributed by atoms with van der Waals surface area (Å²) in [7, 11) is 1.95. The van der Waals surface area contributed by atoms with Crippen molar-refractivity contribution in [2.75, 3.05) is 19.7 Å². The average Bonchev–Trinajstić information content (AvgIpc) is 3.37. The van der Waals surface area contributed by atoms with Gasteiger partial charge in [0.1, 0.15) is 12.4 Å². The minimum atomic E-state index is 0.469. The van der Waals surface area contributed by atoms with Crippen LogP contribution in [-0.4, -0.2) is 40.4 Å². The van der Waals surface area contributed by atoms with Gasteiger partial charge in [-0.1, -0.05) is 36.4 Å². The normalized spacial score (nSPS) is 11.6. The van der Waals surface area contributed by atoms with Gasteiger partial charge in [0, 0.05) is 25.0 Å². The molecule has 3 aromatic rings. The van der Waals surface area contributed by atoms with Gasteiger partial charge in [0.2, 0.25) is 0 Å². The van der Waals surface area contributed by atoms with Crippen LogP contribution in [0.5, 0.6) is 0 Å². The second kappa shape index (κ2) is 11.3. The Morgan fingerprint density at radius 3 is 2.66 bits per heavy atom. The fourth-order valence-corrected chi connectivity index (χ4v) is 3.39. The highest BCUT2D eigenvalue weighted by molar-refractivity contribution is 7.09. The zero-order valence-corrected chi connectivity index (χ0v) is 17.8. The lowest BCUT2D eigenvalue weighted by Gasteiger charge is -2.13. The number of ether oxygens (including phenoxy) is 1. The maximum Gasteiger partial charge on any atom is 0.191 e. The molecule has 2 aromatic heterocycles. The lowest BCUT2D eigenvalue weighted by molar-refractivity contribution is 0.125. The van der Waals surface area contributed by atoms with Gasteiger partial charge in [0.05, 0.1) is 13.2 Å². The van der Waals surface area contributed by atoms with Crippen LogP contribution in [0.2, 0.25) is 0 Å². The van der Waals surface area contributed by atoms with E-state index in [1.54, 1.807) is 11.3 Å². The van der Waals surface area contributed by atoms with Crippen LogP contribution in [0, 0.1) is 6.92 Å². The molecule has 0 amide bonds. The molecule has 2 N–H and O–H groups in total. The van der Waals surface area contributed by atoms with Crippen LogP contribution >= 0.6 is 11.3 Å². The van der Waals surface area contributed by atoms with Crippen molar-refractivity contribution >= 4 is 17.3 Å². The van der Waals surface area contributed by atoms with Crippen molar-refractivity contribution in [1.82, 2.24) is 25.4 Å². The first-order valence-electron chi connectivity index (χ1n) is 9.73. The second-order valence-electron chi connectivity index (χ2n) is 6.61. The molecule has 2 heterocycles. The molecular weight excluding hydrogens is 384 g/mol. The number of benzene rings is 1. The number of guanidine groups is 1. The minimum absolute atomic E-state index is 0.469. The molecule has 0 aliphatic heterocycles. The van der Waals surface area contributed by atoms with Crippen molar-refractivity contribution < 1.29 is 4.74 Å². The number of aromatic nitrogens is 3. The first kappa shape index (κ1) is 21.0. The van der Waals surface area contributed by atoms with Crippen LogP contribution in [0.4, 0.5) is 0 Å². The Labute approximate surface area is 175 Å². The summed E-state index contributed by atoms with van der Waals surface area (Å²) in [5.74, 6) is 2.47. The first-order valence-corrected chi connectivity index (χ1v) is 10.6. The second-order valence-corrected chi connectivity index (χ2v) is 7.64. The van der Waals surface area contributed by atoms with Gasteiger partial charge in [-0.15, -0.1) is 21.5 Å². The average molecular weight is 413 g/mol. The Balaban J connectivity index is 1.47. The Hall–Kier alpha value is -2.71. The highest BCUT2D eigenvalue weighted by Crippen LogP contribution is 2.08. The zero-order valence-electron chi connectivity index (χ0n) is 17.0. The molecule has 0 saturated heterocycles. The molecule has 1 aromatic carbocycles. The van der Waals surface area contributed by atoms with Crippen molar-refractivity contribution in [2.24, 2.45) is 12.0 Å². The fraction of sp³-hybridized carbons (Fsp3) is 0.381. The maximum absolute atomic E-state index is 5.75. The van der Waals surface area contributed by atoms with Gasteiger partial charge in [-0.05, 0) is 30.4 Å². The Bertz CT molecular complexity index is 876. The third-order valence-corrected chi connectivity index (χ3v) is 5.39. The van der Waals surface area contributed by atoms with E-state index in [9.17, 15) is 0 Å². The summed E-state index contributed by atoms with van der Waals surface area (Å²) < 4.78 is 7.70. The molecule has 0 unspecified atom stereocenters. The Morgan fingerprint density at radius 1 is 1.10 bits per heavy atom. The van der Waals surface area contributed by atoms with E-state index in [0.717, 1.165) is 30.6 Å². The molecule has 7 nitrogen and oxygen atoms in total. The van der Waals surface area contributed by atoms with Crippen LogP contribution < -0.4 is 10.6 Å². The summed E-state index contributed by atoms with van der Waals surface area (Å²) in [5.41, 5.74) is 1.17. The topological polar surface area (TPSA) is 76.4 Å². The standard InChI is InChI=1S/C21H28N6OS/c1-17-25-26-20(27(17)2)15-24-21(22-11-10-19-9-6-14-29-19)23-12-13-28-16-18-7-4-3-5-8-18/h3-9,14H,10-13,15-16H2,1-2H3,(H2,22,23,24). The monoisotopic (exact) mass is 412 g/mol. The molecule has 3 rings (SSSR count). The van der Waals surface area contributed by atoms with Crippen LogP contribution in [0.1, 0.15) is 22.1 Å². The van der Waals surface area contributed by atoms with Crippen molar-refractivity contribution in [1.29, 1.82) is 0 Å². The lowest BCUT2D eigenvalue weighted by atomic mass is 10.2. The molecule has 0 atom stereocenters. The summed E-state index contributed by atoms with van der Waals surface area (Å²) >= 11 is 1.77. The summed E-state index contributed by atoms with van der Waals surface area (Å²) in [5, 5.41) is 17.1. The molecule has 0 aliphatic rings. The Kier molecular flexibility index (Phi) is 8.21. The molecule has 0 spiro atoms. The lowest BCUT2D eigenvalue weighted by Crippen LogP contribution is -2.40. The summed E-state index contributed by atoms with van der Waals surface area (Å²) in [6.07, 6.45) is 0.964. The van der Waals surface area contributed by atoms with Crippen LogP contribution in [0.3, 0.4) is 0 Å². The minimum Gasteiger partial charge on any atom is -0.375 e. The number of hydrogen-bond acceptors (Lipinski definition) is 5. The van der Waals surface area contributed by atoms with Crippen LogP contribution in [0.15, 0.2) is 52.8 Å². The molecule has 0 bridgehead atoms. The first-order chi connectivity index (χ1) is 14.2. The summed E-state index contributed by atoms with van der Waals surface area (Å²) in [6.45, 7) is 5.10. The van der Waals surface area contributed by atoms with Crippen molar-refractivity contribution in [3.8, 4) is 0 Å². The van der Waals surface area contributed by atoms with E-state index < -0.39 is 0 Å². The largest absolute Gasteiger partial charge is 0.375 e. The number of nitrogens with zero attached hydrogens (tertiary/aromatic N) is 4. The van der Waals surface area contributed by atoms with Crippen LogP contribution in [-0.2, 0) is 31.4 Å².